The third-order valence-electron chi connectivity index (χ3n) is 6.17. The van der Waals surface area contributed by atoms with Gasteiger partial charge in [-0.25, -0.2) is 19.0 Å². The Bertz CT molecular complexity index is 1350. The highest BCUT2D eigenvalue weighted by atomic mass is 79.9. The second kappa shape index (κ2) is 8.20. The van der Waals surface area contributed by atoms with Crippen molar-refractivity contribution in [3.63, 3.8) is 0 Å². The third kappa shape index (κ3) is 3.74. The number of carbonyl (C=O) groups excluding carboxylic acids is 1. The fraction of sp³-hybridized carbons (Fsp3) is 0.348. The molecule has 1 aliphatic rings. The maximum Gasteiger partial charge on any atom is 0.222 e. The summed E-state index contributed by atoms with van der Waals surface area (Å²) in [5, 5.41) is 8.73. The molecule has 3 aromatic heterocycles. The fourth-order valence-electron chi connectivity index (χ4n) is 4.54. The first-order chi connectivity index (χ1) is 15.4. The molecule has 3 heterocycles. The van der Waals surface area contributed by atoms with Gasteiger partial charge >= 0.3 is 0 Å². The van der Waals surface area contributed by atoms with Crippen molar-refractivity contribution in [3.8, 4) is 5.69 Å². The molecule has 7 nitrogen and oxygen atoms in total. The normalized spacial score (nSPS) is 18.5. The molecule has 1 saturated carbocycles. The first-order valence-corrected chi connectivity index (χ1v) is 11.4. The first-order valence-electron chi connectivity index (χ1n) is 10.6. The number of nitrogens with zero attached hydrogens (tertiary/aromatic N) is 5. The van der Waals surface area contributed by atoms with Crippen LogP contribution >= 0.6 is 15.9 Å². The molecule has 0 aliphatic heterocycles. The van der Waals surface area contributed by atoms with Gasteiger partial charge in [-0.1, -0.05) is 6.07 Å². The largest absolute Gasteiger partial charge is 0.359 e. The van der Waals surface area contributed by atoms with Crippen LogP contribution in [0.25, 0.3) is 27.6 Å². The number of halogens is 2. The molecule has 9 heteroatoms. The van der Waals surface area contributed by atoms with Crippen molar-refractivity contribution in [2.24, 2.45) is 11.8 Å². The van der Waals surface area contributed by atoms with Crippen molar-refractivity contribution in [2.75, 3.05) is 7.05 Å². The molecule has 2 atom stereocenters. The van der Waals surface area contributed by atoms with Gasteiger partial charge in [0.25, 0.3) is 0 Å². The molecule has 1 aliphatic carbocycles. The Morgan fingerprint density at radius 3 is 2.94 bits per heavy atom. The predicted molar refractivity (Wildman–Crippen MR) is 123 cm³/mol. The van der Waals surface area contributed by atoms with Gasteiger partial charge in [0.05, 0.1) is 11.1 Å². The first kappa shape index (κ1) is 20.9. The van der Waals surface area contributed by atoms with Crippen LogP contribution in [0.2, 0.25) is 0 Å². The highest BCUT2D eigenvalue weighted by Gasteiger charge is 2.30. The Morgan fingerprint density at radius 2 is 2.12 bits per heavy atom. The van der Waals surface area contributed by atoms with Gasteiger partial charge in [0.1, 0.15) is 15.9 Å². The van der Waals surface area contributed by atoms with E-state index in [1.54, 1.807) is 17.9 Å². The van der Waals surface area contributed by atoms with Crippen molar-refractivity contribution < 1.29 is 9.18 Å². The molecule has 1 N–H and O–H groups in total. The van der Waals surface area contributed by atoms with Gasteiger partial charge in [-0.05, 0) is 60.2 Å². The van der Waals surface area contributed by atoms with E-state index in [1.807, 2.05) is 25.1 Å². The summed E-state index contributed by atoms with van der Waals surface area (Å²) in [5.74, 6) is 0.829. The van der Waals surface area contributed by atoms with Gasteiger partial charge in [-0.15, -0.1) is 0 Å². The Balaban J connectivity index is 1.50. The molecule has 0 bridgehead atoms. The number of fused-ring (bicyclic) bond motifs is 2. The molecule has 1 aromatic carbocycles. The number of nitrogens with one attached hydrogen (secondary N) is 1. The van der Waals surface area contributed by atoms with E-state index in [-0.39, 0.29) is 11.8 Å². The Labute approximate surface area is 192 Å². The van der Waals surface area contributed by atoms with E-state index < -0.39 is 5.82 Å². The zero-order valence-electron chi connectivity index (χ0n) is 17.8. The molecule has 0 spiro atoms. The molecule has 1 amide bonds. The summed E-state index contributed by atoms with van der Waals surface area (Å²) in [5.41, 5.74) is 2.29. The SMILES string of the molecule is CNC(=O)[C@@H]1CC[C@@H](Cc2ncc3c(Br)nn(-c4cc(F)c5nc(C)ccc5c4)c3n2)C1. The van der Waals surface area contributed by atoms with Gasteiger partial charge < -0.3 is 5.32 Å². The quantitative estimate of drug-likeness (QED) is 0.455. The Hall–Kier alpha value is -2.94. The molecule has 32 heavy (non-hydrogen) atoms. The van der Waals surface area contributed by atoms with Gasteiger partial charge in [0, 0.05) is 42.7 Å². The monoisotopic (exact) mass is 496 g/mol. The lowest BCUT2D eigenvalue weighted by atomic mass is 10.0. The van der Waals surface area contributed by atoms with Gasteiger partial charge in [-0.2, -0.15) is 5.10 Å². The number of amides is 1. The molecule has 0 saturated heterocycles. The summed E-state index contributed by atoms with van der Waals surface area (Å²) in [6, 6.07) is 7.00. The van der Waals surface area contributed by atoms with Crippen molar-refractivity contribution in [1.82, 2.24) is 30.0 Å². The van der Waals surface area contributed by atoms with E-state index in [1.165, 1.54) is 6.07 Å². The van der Waals surface area contributed by atoms with Crippen LogP contribution in [0, 0.1) is 24.6 Å². The summed E-state index contributed by atoms with van der Waals surface area (Å²) >= 11 is 3.47. The minimum absolute atomic E-state index is 0.0613. The second-order valence-corrected chi connectivity index (χ2v) is 9.12. The number of hydrogen-bond donors (Lipinski definition) is 1. The average Bonchev–Trinajstić information content (AvgIpc) is 3.38. The number of hydrogen-bond acceptors (Lipinski definition) is 5. The van der Waals surface area contributed by atoms with Crippen molar-refractivity contribution in [1.29, 1.82) is 0 Å². The molecule has 0 unspecified atom stereocenters. The molecular formula is C23H22BrFN6O. The highest BCUT2D eigenvalue weighted by Crippen LogP contribution is 2.33. The molecule has 4 aromatic rings. The lowest BCUT2D eigenvalue weighted by molar-refractivity contribution is -0.124. The Morgan fingerprint density at radius 1 is 1.28 bits per heavy atom. The van der Waals surface area contributed by atoms with Crippen LogP contribution in [0.1, 0.15) is 30.8 Å². The van der Waals surface area contributed by atoms with Crippen LogP contribution in [0.3, 0.4) is 0 Å². The van der Waals surface area contributed by atoms with Gasteiger partial charge in [-0.3, -0.25) is 9.78 Å². The minimum atomic E-state index is -0.401. The summed E-state index contributed by atoms with van der Waals surface area (Å²) in [4.78, 5) is 25.5. The van der Waals surface area contributed by atoms with Crippen molar-refractivity contribution in [3.05, 3.63) is 52.4 Å². The molecule has 0 radical (unpaired) electrons. The highest BCUT2D eigenvalue weighted by molar-refractivity contribution is 9.10. The summed E-state index contributed by atoms with van der Waals surface area (Å²) in [7, 11) is 1.68. The molecule has 5 rings (SSSR count). The number of aromatic nitrogens is 5. The topological polar surface area (TPSA) is 85.6 Å². The minimum Gasteiger partial charge on any atom is -0.359 e. The Kier molecular flexibility index (Phi) is 5.36. The van der Waals surface area contributed by atoms with Crippen LogP contribution in [-0.4, -0.2) is 37.7 Å². The van der Waals surface area contributed by atoms with Gasteiger partial charge in [0.15, 0.2) is 11.5 Å². The second-order valence-electron chi connectivity index (χ2n) is 8.37. The van der Waals surface area contributed by atoms with Crippen LogP contribution < -0.4 is 5.32 Å². The van der Waals surface area contributed by atoms with Crippen LogP contribution in [0.15, 0.2) is 35.1 Å². The van der Waals surface area contributed by atoms with Crippen LogP contribution in [0.5, 0.6) is 0 Å². The lowest BCUT2D eigenvalue weighted by Gasteiger charge is -2.10. The maximum absolute atomic E-state index is 14.8. The van der Waals surface area contributed by atoms with Gasteiger partial charge in [0.2, 0.25) is 5.91 Å². The summed E-state index contributed by atoms with van der Waals surface area (Å²) in [6.45, 7) is 1.84. The molecular weight excluding hydrogens is 475 g/mol. The van der Waals surface area contributed by atoms with Crippen LogP contribution in [0.4, 0.5) is 4.39 Å². The smallest absolute Gasteiger partial charge is 0.222 e. The molecule has 1 fully saturated rings. The van der Waals surface area contributed by atoms with E-state index in [2.05, 4.69) is 36.3 Å². The zero-order chi connectivity index (χ0) is 22.4. The predicted octanol–water partition coefficient (Wildman–Crippen LogP) is 4.28. The number of aryl methyl sites for hydroxylation is 1. The van der Waals surface area contributed by atoms with Crippen molar-refractivity contribution in [2.45, 2.75) is 32.6 Å². The third-order valence-corrected chi connectivity index (χ3v) is 6.76. The summed E-state index contributed by atoms with van der Waals surface area (Å²) < 4.78 is 17.1. The summed E-state index contributed by atoms with van der Waals surface area (Å²) in [6.07, 6.45) is 5.15. The molecule has 164 valence electrons. The number of benzene rings is 1. The number of rotatable bonds is 4. The number of carbonyl (C=O) groups is 1. The zero-order valence-corrected chi connectivity index (χ0v) is 19.4. The maximum atomic E-state index is 14.8. The number of pyridine rings is 1. The fourth-order valence-corrected chi connectivity index (χ4v) is 4.98. The van der Waals surface area contributed by atoms with E-state index in [0.717, 1.165) is 30.3 Å². The average molecular weight is 497 g/mol. The van der Waals surface area contributed by atoms with E-state index in [9.17, 15) is 9.18 Å². The lowest BCUT2D eigenvalue weighted by Crippen LogP contribution is -2.25. The van der Waals surface area contributed by atoms with Crippen molar-refractivity contribution >= 4 is 43.8 Å². The van der Waals surface area contributed by atoms with Crippen LogP contribution in [-0.2, 0) is 11.2 Å². The van der Waals surface area contributed by atoms with E-state index in [4.69, 9.17) is 4.98 Å². The van der Waals surface area contributed by atoms with E-state index in [0.29, 0.717) is 45.0 Å². The standard InChI is InChI=1S/C23H22BrFN6O/c1-12-3-5-14-9-16(10-18(25)20(14)28-12)31-22-17(21(24)30-31)11-27-19(29-22)8-13-4-6-15(7-13)23(32)26-2/h3,5,9-11,13,15H,4,6-8H2,1-2H3,(H,26,32)/t13-,15-/m1/s1. The van der Waals surface area contributed by atoms with E-state index >= 15 is 0 Å².